The lowest BCUT2D eigenvalue weighted by Crippen LogP contribution is -2.24. The first-order chi connectivity index (χ1) is 14.3. The molecule has 4 aromatic rings. The van der Waals surface area contributed by atoms with E-state index in [1.165, 1.54) is 16.5 Å². The molecule has 0 aromatic heterocycles. The molecule has 0 saturated heterocycles. The molecular formula is C26H21N3. The first-order valence-electron chi connectivity index (χ1n) is 9.73. The van der Waals surface area contributed by atoms with Crippen LogP contribution >= 0.6 is 0 Å². The third-order valence-corrected chi connectivity index (χ3v) is 5.31. The molecular weight excluding hydrogens is 354 g/mol. The van der Waals surface area contributed by atoms with Crippen LogP contribution < -0.4 is 11.1 Å². The highest BCUT2D eigenvalue weighted by atomic mass is 15.1. The minimum atomic E-state index is -0.164. The molecule has 0 bridgehead atoms. The molecule has 5 rings (SSSR count). The average molecular weight is 375 g/mol. The van der Waals surface area contributed by atoms with Crippen LogP contribution in [0.1, 0.15) is 28.3 Å². The number of nitrogens with one attached hydrogen (secondary N) is 1. The zero-order valence-electron chi connectivity index (χ0n) is 15.9. The Morgan fingerprint density at radius 3 is 1.97 bits per heavy atom. The van der Waals surface area contributed by atoms with Crippen LogP contribution in [0.2, 0.25) is 0 Å². The fraction of sp³-hybridized carbons (Fsp3) is 0.0385. The number of aliphatic imine (C=N–C) groups is 1. The van der Waals surface area contributed by atoms with Gasteiger partial charge < -0.3 is 11.1 Å². The maximum absolute atomic E-state index is 6.39. The first-order valence-corrected chi connectivity index (χ1v) is 9.73. The van der Waals surface area contributed by atoms with Gasteiger partial charge in [0.05, 0.1) is 0 Å². The van der Waals surface area contributed by atoms with Crippen molar-refractivity contribution in [1.82, 2.24) is 0 Å². The first kappa shape index (κ1) is 17.3. The van der Waals surface area contributed by atoms with E-state index in [1.807, 2.05) is 36.4 Å². The van der Waals surface area contributed by atoms with Crippen molar-refractivity contribution in [2.45, 2.75) is 6.04 Å². The minimum Gasteiger partial charge on any atom is -0.370 e. The molecule has 3 N–H and O–H groups in total. The van der Waals surface area contributed by atoms with E-state index in [9.17, 15) is 0 Å². The molecule has 0 saturated carbocycles. The average Bonchev–Trinajstić information content (AvgIpc) is 3.20. The van der Waals surface area contributed by atoms with Gasteiger partial charge in [-0.3, -0.25) is 0 Å². The molecule has 0 radical (unpaired) electrons. The molecule has 3 heteroatoms. The van der Waals surface area contributed by atoms with Crippen molar-refractivity contribution in [1.29, 1.82) is 0 Å². The summed E-state index contributed by atoms with van der Waals surface area (Å²) in [6, 6.07) is 30.8. The van der Waals surface area contributed by atoms with Gasteiger partial charge in [0.1, 0.15) is 6.04 Å². The molecule has 1 aliphatic rings. The van der Waals surface area contributed by atoms with E-state index in [2.05, 4.69) is 72.1 Å². The summed E-state index contributed by atoms with van der Waals surface area (Å²) < 4.78 is 0. The Labute approximate surface area is 170 Å². The van der Waals surface area contributed by atoms with Gasteiger partial charge in [0.15, 0.2) is 5.96 Å². The Balaban J connectivity index is 1.53. The zero-order chi connectivity index (χ0) is 19.6. The van der Waals surface area contributed by atoms with Crippen molar-refractivity contribution in [3.8, 4) is 0 Å². The zero-order valence-corrected chi connectivity index (χ0v) is 15.9. The summed E-state index contributed by atoms with van der Waals surface area (Å²) in [4.78, 5) is 4.85. The Bertz CT molecular complexity index is 1170. The molecule has 140 valence electrons. The van der Waals surface area contributed by atoms with Crippen LogP contribution in [-0.2, 0) is 0 Å². The molecule has 1 aliphatic carbocycles. The van der Waals surface area contributed by atoms with Crippen molar-refractivity contribution in [2.24, 2.45) is 10.7 Å². The number of guanidine groups is 1. The van der Waals surface area contributed by atoms with Gasteiger partial charge in [0, 0.05) is 11.1 Å². The van der Waals surface area contributed by atoms with E-state index in [-0.39, 0.29) is 6.04 Å². The van der Waals surface area contributed by atoms with E-state index in [1.54, 1.807) is 0 Å². The topological polar surface area (TPSA) is 50.4 Å². The number of nitrogens with zero attached hydrogens (tertiary/aromatic N) is 1. The van der Waals surface area contributed by atoms with E-state index in [4.69, 9.17) is 10.7 Å². The standard InChI is InChI=1S/C26H21N3/c27-26(28-23-17-16-19-15-14-18-12-7-13-22(23)24(18)19)29-25(20-8-3-1-4-9-20)21-10-5-2-6-11-21/h1-17,25H,(H3,27,28,29). The molecule has 29 heavy (non-hydrogen) atoms. The predicted molar refractivity (Wildman–Crippen MR) is 123 cm³/mol. The number of hydrogen-bond donors (Lipinski definition) is 2. The molecule has 3 nitrogen and oxygen atoms in total. The van der Waals surface area contributed by atoms with E-state index >= 15 is 0 Å². The number of benzene rings is 4. The lowest BCUT2D eigenvalue weighted by molar-refractivity contribution is 0.869. The van der Waals surface area contributed by atoms with Gasteiger partial charge in [-0.1, -0.05) is 97.1 Å². The fourth-order valence-electron chi connectivity index (χ4n) is 3.95. The monoisotopic (exact) mass is 375 g/mol. The van der Waals surface area contributed by atoms with Crippen LogP contribution in [-0.4, -0.2) is 5.96 Å². The summed E-state index contributed by atoms with van der Waals surface area (Å²) in [6.45, 7) is 0. The van der Waals surface area contributed by atoms with Gasteiger partial charge in [-0.25, -0.2) is 4.99 Å². The highest BCUT2D eigenvalue weighted by Gasteiger charge is 2.15. The minimum absolute atomic E-state index is 0.164. The van der Waals surface area contributed by atoms with Crippen LogP contribution in [0.25, 0.3) is 22.9 Å². The summed E-state index contributed by atoms with van der Waals surface area (Å²) in [5.74, 6) is 0.398. The molecule has 0 spiro atoms. The predicted octanol–water partition coefficient (Wildman–Crippen LogP) is 5.84. The SMILES string of the molecule is NC(=NC(c1ccccc1)c1ccccc1)Nc1ccc2c3c(cccc13)C=C2. The van der Waals surface area contributed by atoms with Gasteiger partial charge in [-0.15, -0.1) is 0 Å². The highest BCUT2D eigenvalue weighted by molar-refractivity contribution is 6.11. The third kappa shape index (κ3) is 3.27. The van der Waals surface area contributed by atoms with Gasteiger partial charge in [0.2, 0.25) is 0 Å². The fourth-order valence-corrected chi connectivity index (χ4v) is 3.95. The number of nitrogens with two attached hydrogens (primary N) is 1. The third-order valence-electron chi connectivity index (χ3n) is 5.31. The van der Waals surface area contributed by atoms with Crippen LogP contribution in [0.5, 0.6) is 0 Å². The second-order valence-electron chi connectivity index (χ2n) is 7.17. The maximum Gasteiger partial charge on any atom is 0.194 e. The van der Waals surface area contributed by atoms with E-state index in [0.29, 0.717) is 5.96 Å². The highest BCUT2D eigenvalue weighted by Crippen LogP contribution is 2.35. The summed E-state index contributed by atoms with van der Waals surface area (Å²) in [7, 11) is 0. The summed E-state index contributed by atoms with van der Waals surface area (Å²) in [5, 5.41) is 5.75. The smallest absolute Gasteiger partial charge is 0.194 e. The Morgan fingerprint density at radius 2 is 1.31 bits per heavy atom. The normalized spacial score (nSPS) is 12.7. The van der Waals surface area contributed by atoms with Crippen molar-refractivity contribution < 1.29 is 0 Å². The van der Waals surface area contributed by atoms with Gasteiger partial charge in [0.25, 0.3) is 0 Å². The quantitative estimate of drug-likeness (QED) is 0.306. The molecule has 0 unspecified atom stereocenters. The van der Waals surface area contributed by atoms with E-state index in [0.717, 1.165) is 22.2 Å². The molecule has 0 amide bonds. The second-order valence-corrected chi connectivity index (χ2v) is 7.17. The van der Waals surface area contributed by atoms with Gasteiger partial charge >= 0.3 is 0 Å². The van der Waals surface area contributed by atoms with Crippen molar-refractivity contribution >= 4 is 34.6 Å². The van der Waals surface area contributed by atoms with Crippen LogP contribution in [0.15, 0.2) is 96.0 Å². The lowest BCUT2D eigenvalue weighted by Gasteiger charge is -2.16. The lowest BCUT2D eigenvalue weighted by atomic mass is 9.99. The van der Waals surface area contributed by atoms with Crippen molar-refractivity contribution in [3.63, 3.8) is 0 Å². The molecule has 0 aliphatic heterocycles. The molecule has 0 atom stereocenters. The Kier molecular flexibility index (Phi) is 4.34. The van der Waals surface area contributed by atoms with E-state index < -0.39 is 0 Å². The summed E-state index contributed by atoms with van der Waals surface area (Å²) in [6.07, 6.45) is 4.31. The Morgan fingerprint density at radius 1 is 0.690 bits per heavy atom. The summed E-state index contributed by atoms with van der Waals surface area (Å²) >= 11 is 0. The molecule has 0 fully saturated rings. The van der Waals surface area contributed by atoms with Crippen molar-refractivity contribution in [3.05, 3.63) is 113 Å². The number of hydrogen-bond acceptors (Lipinski definition) is 1. The second kappa shape index (κ2) is 7.28. The van der Waals surface area contributed by atoms with Gasteiger partial charge in [-0.05, 0) is 33.7 Å². The Hall–Kier alpha value is -3.85. The van der Waals surface area contributed by atoms with Crippen LogP contribution in [0.4, 0.5) is 5.69 Å². The van der Waals surface area contributed by atoms with Crippen LogP contribution in [0, 0.1) is 0 Å². The molecule has 0 heterocycles. The summed E-state index contributed by atoms with van der Waals surface area (Å²) in [5.41, 5.74) is 12.0. The van der Waals surface area contributed by atoms with Crippen molar-refractivity contribution in [2.75, 3.05) is 5.32 Å². The van der Waals surface area contributed by atoms with Crippen LogP contribution in [0.3, 0.4) is 0 Å². The largest absolute Gasteiger partial charge is 0.370 e. The van der Waals surface area contributed by atoms with Gasteiger partial charge in [-0.2, -0.15) is 0 Å². The number of rotatable bonds is 4. The number of anilines is 1. The maximum atomic E-state index is 6.39. The molecule has 4 aromatic carbocycles.